The average Bonchev–Trinajstić information content (AvgIpc) is 2.60. The number of aliphatic hydroxyl groups excluding tert-OH is 1. The maximum Gasteiger partial charge on any atom is 0.302 e. The Balaban J connectivity index is 0.000000970. The first-order chi connectivity index (χ1) is 12.0. The minimum Gasteiger partial charge on any atom is -0.461 e. The number of aryl methyl sites for hydroxylation is 3. The molecule has 134 valence electrons. The van der Waals surface area contributed by atoms with E-state index < -0.39 is 0 Å². The number of aliphatic hydroxyl groups is 1. The van der Waals surface area contributed by atoms with Crippen LogP contribution in [0.25, 0.3) is 0 Å². The highest BCUT2D eigenvalue weighted by molar-refractivity contribution is 5.66. The van der Waals surface area contributed by atoms with E-state index in [2.05, 4.69) is 24.8 Å². The fourth-order valence-electron chi connectivity index (χ4n) is 2.40. The smallest absolute Gasteiger partial charge is 0.302 e. The van der Waals surface area contributed by atoms with E-state index in [1.807, 2.05) is 38.1 Å². The quantitative estimate of drug-likeness (QED) is 0.621. The normalized spacial score (nSPS) is 9.76. The standard InChI is InChI=1S/C19H22O3.C3H6/c1-14-3-9-18(19(11-14)13-22-15(2)21)10-8-16-4-6-17(12-20)7-5-16;1-3-2/h3-7,9,11,20H,8,10,12-13H2,1-2H3;3H,1H2,2H3. The van der Waals surface area contributed by atoms with Crippen molar-refractivity contribution >= 4 is 5.97 Å². The highest BCUT2D eigenvalue weighted by Crippen LogP contribution is 2.16. The molecule has 0 heterocycles. The van der Waals surface area contributed by atoms with Gasteiger partial charge in [-0.1, -0.05) is 54.1 Å². The third-order valence-corrected chi connectivity index (χ3v) is 3.68. The van der Waals surface area contributed by atoms with Gasteiger partial charge >= 0.3 is 5.97 Å². The Morgan fingerprint density at radius 3 is 2.24 bits per heavy atom. The van der Waals surface area contributed by atoms with E-state index in [0.29, 0.717) is 6.61 Å². The minimum absolute atomic E-state index is 0.0742. The monoisotopic (exact) mass is 340 g/mol. The molecule has 0 fully saturated rings. The number of hydrogen-bond acceptors (Lipinski definition) is 3. The zero-order valence-electron chi connectivity index (χ0n) is 15.4. The Hall–Kier alpha value is -2.39. The Kier molecular flexibility index (Phi) is 9.26. The number of benzene rings is 2. The lowest BCUT2D eigenvalue weighted by molar-refractivity contribution is -0.142. The summed E-state index contributed by atoms with van der Waals surface area (Å²) in [7, 11) is 0. The topological polar surface area (TPSA) is 46.5 Å². The van der Waals surface area contributed by atoms with Crippen molar-refractivity contribution in [2.24, 2.45) is 0 Å². The molecule has 0 aliphatic carbocycles. The van der Waals surface area contributed by atoms with Crippen LogP contribution in [0.1, 0.15) is 41.7 Å². The molecule has 0 aromatic heterocycles. The van der Waals surface area contributed by atoms with E-state index >= 15 is 0 Å². The molecule has 0 aliphatic rings. The molecule has 0 bridgehead atoms. The molecule has 0 spiro atoms. The molecule has 25 heavy (non-hydrogen) atoms. The van der Waals surface area contributed by atoms with Gasteiger partial charge in [0.1, 0.15) is 6.61 Å². The molecule has 3 heteroatoms. The summed E-state index contributed by atoms with van der Waals surface area (Å²) in [4.78, 5) is 11.0. The summed E-state index contributed by atoms with van der Waals surface area (Å²) < 4.78 is 5.14. The molecule has 0 unspecified atom stereocenters. The second-order valence-corrected chi connectivity index (χ2v) is 5.94. The minimum atomic E-state index is -0.257. The predicted octanol–water partition coefficient (Wildman–Crippen LogP) is 4.53. The van der Waals surface area contributed by atoms with Gasteiger partial charge in [-0.05, 0) is 48.9 Å². The van der Waals surface area contributed by atoms with Crippen molar-refractivity contribution in [3.05, 3.63) is 82.9 Å². The molecular formula is C22H28O3. The van der Waals surface area contributed by atoms with Crippen LogP contribution in [0.2, 0.25) is 0 Å². The zero-order valence-corrected chi connectivity index (χ0v) is 15.4. The second kappa shape index (κ2) is 11.2. The summed E-state index contributed by atoms with van der Waals surface area (Å²) in [6.07, 6.45) is 3.57. The van der Waals surface area contributed by atoms with Gasteiger partial charge in [0.25, 0.3) is 0 Å². The number of esters is 1. The number of allylic oxidation sites excluding steroid dienone is 1. The van der Waals surface area contributed by atoms with Crippen LogP contribution in [-0.4, -0.2) is 11.1 Å². The van der Waals surface area contributed by atoms with Crippen LogP contribution >= 0.6 is 0 Å². The van der Waals surface area contributed by atoms with E-state index in [1.165, 1.54) is 23.6 Å². The molecule has 2 rings (SSSR count). The third-order valence-electron chi connectivity index (χ3n) is 3.68. The average molecular weight is 340 g/mol. The van der Waals surface area contributed by atoms with Gasteiger partial charge in [0, 0.05) is 6.92 Å². The van der Waals surface area contributed by atoms with Crippen molar-refractivity contribution in [2.45, 2.75) is 46.8 Å². The highest BCUT2D eigenvalue weighted by atomic mass is 16.5. The highest BCUT2D eigenvalue weighted by Gasteiger charge is 2.06. The Bertz CT molecular complexity index is 672. The van der Waals surface area contributed by atoms with Crippen molar-refractivity contribution in [3.8, 4) is 0 Å². The number of rotatable bonds is 6. The molecule has 0 aliphatic heterocycles. The third kappa shape index (κ3) is 7.81. The molecule has 0 amide bonds. The van der Waals surface area contributed by atoms with Gasteiger partial charge in [-0.3, -0.25) is 4.79 Å². The zero-order chi connectivity index (χ0) is 18.7. The lowest BCUT2D eigenvalue weighted by atomic mass is 9.98. The van der Waals surface area contributed by atoms with E-state index in [9.17, 15) is 4.79 Å². The fourth-order valence-corrected chi connectivity index (χ4v) is 2.40. The molecule has 2 aromatic carbocycles. The Labute approximate surface area is 151 Å². The summed E-state index contributed by atoms with van der Waals surface area (Å²) in [6, 6.07) is 14.3. The largest absolute Gasteiger partial charge is 0.461 e. The number of carbonyl (C=O) groups excluding carboxylic acids is 1. The molecule has 1 N–H and O–H groups in total. The van der Waals surface area contributed by atoms with Gasteiger partial charge in [0.2, 0.25) is 0 Å². The van der Waals surface area contributed by atoms with Gasteiger partial charge in [0.15, 0.2) is 0 Å². The van der Waals surface area contributed by atoms with Crippen LogP contribution in [0.5, 0.6) is 0 Å². The van der Waals surface area contributed by atoms with Crippen LogP contribution in [0.4, 0.5) is 0 Å². The second-order valence-electron chi connectivity index (χ2n) is 5.94. The van der Waals surface area contributed by atoms with Gasteiger partial charge in [0.05, 0.1) is 6.61 Å². The van der Waals surface area contributed by atoms with Gasteiger partial charge in [-0.2, -0.15) is 0 Å². The first-order valence-electron chi connectivity index (χ1n) is 8.47. The summed E-state index contributed by atoms with van der Waals surface area (Å²) in [6.45, 7) is 9.12. The molecule has 0 radical (unpaired) electrons. The van der Waals surface area contributed by atoms with Crippen LogP contribution in [0.15, 0.2) is 55.1 Å². The van der Waals surface area contributed by atoms with Crippen LogP contribution in [0, 0.1) is 6.92 Å². The number of carbonyl (C=O) groups is 1. The summed E-state index contributed by atoms with van der Waals surface area (Å²) in [5, 5.41) is 9.06. The van der Waals surface area contributed by atoms with Crippen LogP contribution in [0.3, 0.4) is 0 Å². The van der Waals surface area contributed by atoms with Crippen molar-refractivity contribution in [1.82, 2.24) is 0 Å². The molecule has 0 saturated carbocycles. The van der Waals surface area contributed by atoms with Crippen LogP contribution in [-0.2, 0) is 35.6 Å². The SMILES string of the molecule is C=CC.CC(=O)OCc1cc(C)ccc1CCc1ccc(CO)cc1. The Morgan fingerprint density at radius 2 is 1.68 bits per heavy atom. The molecule has 3 nitrogen and oxygen atoms in total. The van der Waals surface area contributed by atoms with Crippen molar-refractivity contribution in [3.63, 3.8) is 0 Å². The summed E-state index contributed by atoms with van der Waals surface area (Å²) in [5.41, 5.74) is 5.60. The molecule has 0 atom stereocenters. The number of hydrogen-bond donors (Lipinski definition) is 1. The molecule has 2 aromatic rings. The summed E-state index contributed by atoms with van der Waals surface area (Å²) >= 11 is 0. The lowest BCUT2D eigenvalue weighted by Crippen LogP contribution is -2.03. The molecule has 0 saturated heterocycles. The van der Waals surface area contributed by atoms with Crippen molar-refractivity contribution in [2.75, 3.05) is 0 Å². The lowest BCUT2D eigenvalue weighted by Gasteiger charge is -2.11. The summed E-state index contributed by atoms with van der Waals surface area (Å²) in [5.74, 6) is -0.257. The molecular weight excluding hydrogens is 312 g/mol. The van der Waals surface area contributed by atoms with E-state index in [4.69, 9.17) is 9.84 Å². The van der Waals surface area contributed by atoms with Gasteiger partial charge in [-0.15, -0.1) is 6.58 Å². The maximum atomic E-state index is 11.0. The van der Waals surface area contributed by atoms with E-state index in [1.54, 1.807) is 6.08 Å². The predicted molar refractivity (Wildman–Crippen MR) is 102 cm³/mol. The first kappa shape index (κ1) is 20.7. The van der Waals surface area contributed by atoms with Crippen molar-refractivity contribution in [1.29, 1.82) is 0 Å². The fraction of sp³-hybridized carbons (Fsp3) is 0.318. The van der Waals surface area contributed by atoms with Gasteiger partial charge in [-0.25, -0.2) is 0 Å². The van der Waals surface area contributed by atoms with Crippen LogP contribution < -0.4 is 0 Å². The van der Waals surface area contributed by atoms with Crippen molar-refractivity contribution < 1.29 is 14.6 Å². The van der Waals surface area contributed by atoms with Gasteiger partial charge < -0.3 is 9.84 Å². The Morgan fingerprint density at radius 1 is 1.08 bits per heavy atom. The first-order valence-corrected chi connectivity index (χ1v) is 8.47. The number of ether oxygens (including phenoxy) is 1. The maximum absolute atomic E-state index is 11.0. The van der Waals surface area contributed by atoms with E-state index in [0.717, 1.165) is 24.0 Å². The van der Waals surface area contributed by atoms with E-state index in [-0.39, 0.29) is 12.6 Å².